The van der Waals surface area contributed by atoms with E-state index in [9.17, 15) is 0 Å². The minimum atomic E-state index is 0.388. The first-order chi connectivity index (χ1) is 7.08. The van der Waals surface area contributed by atoms with E-state index >= 15 is 0 Å². The summed E-state index contributed by atoms with van der Waals surface area (Å²) in [6.45, 7) is 4.86. The van der Waals surface area contributed by atoms with Crippen LogP contribution in [-0.4, -0.2) is 44.6 Å². The molecular formula is C11H23N3O. The van der Waals surface area contributed by atoms with Crippen molar-refractivity contribution in [3.05, 3.63) is 11.8 Å². The van der Waals surface area contributed by atoms with Crippen molar-refractivity contribution in [2.45, 2.75) is 26.3 Å². The van der Waals surface area contributed by atoms with Gasteiger partial charge in [-0.1, -0.05) is 0 Å². The van der Waals surface area contributed by atoms with E-state index in [0.29, 0.717) is 6.04 Å². The summed E-state index contributed by atoms with van der Waals surface area (Å²) in [4.78, 5) is 6.36. The van der Waals surface area contributed by atoms with Crippen molar-refractivity contribution in [3.8, 4) is 0 Å². The van der Waals surface area contributed by atoms with Gasteiger partial charge in [0, 0.05) is 45.6 Å². The summed E-state index contributed by atoms with van der Waals surface area (Å²) in [7, 11) is 5.52. The maximum atomic E-state index is 5.49. The zero-order valence-electron chi connectivity index (χ0n) is 10.4. The highest BCUT2D eigenvalue weighted by atomic mass is 16.5. The Morgan fingerprint density at radius 3 is 2.60 bits per heavy atom. The van der Waals surface area contributed by atoms with Gasteiger partial charge < -0.3 is 15.4 Å². The second-order valence-corrected chi connectivity index (χ2v) is 3.64. The molecule has 0 radical (unpaired) electrons. The summed E-state index contributed by atoms with van der Waals surface area (Å²) < 4.78 is 5.06. The van der Waals surface area contributed by atoms with Crippen LogP contribution in [-0.2, 0) is 4.74 Å². The quantitative estimate of drug-likeness (QED) is 0.552. The Morgan fingerprint density at radius 2 is 2.20 bits per heavy atom. The van der Waals surface area contributed by atoms with E-state index in [4.69, 9.17) is 10.5 Å². The lowest BCUT2D eigenvalue weighted by molar-refractivity contribution is 0.173. The molecule has 0 spiro atoms. The van der Waals surface area contributed by atoms with Crippen LogP contribution in [0.3, 0.4) is 0 Å². The van der Waals surface area contributed by atoms with Crippen molar-refractivity contribution >= 4 is 5.84 Å². The topological polar surface area (TPSA) is 50.8 Å². The molecule has 0 aromatic carbocycles. The van der Waals surface area contributed by atoms with E-state index in [-0.39, 0.29) is 0 Å². The van der Waals surface area contributed by atoms with E-state index in [1.807, 2.05) is 14.0 Å². The highest BCUT2D eigenvalue weighted by Crippen LogP contribution is 2.07. The first-order valence-electron chi connectivity index (χ1n) is 5.15. The van der Waals surface area contributed by atoms with Crippen molar-refractivity contribution < 1.29 is 4.74 Å². The molecule has 0 aliphatic heterocycles. The van der Waals surface area contributed by atoms with Gasteiger partial charge in [0.2, 0.25) is 0 Å². The van der Waals surface area contributed by atoms with Gasteiger partial charge in [0.05, 0.1) is 0 Å². The van der Waals surface area contributed by atoms with Crippen molar-refractivity contribution in [3.63, 3.8) is 0 Å². The second-order valence-electron chi connectivity index (χ2n) is 3.64. The number of hydrogen-bond acceptors (Lipinski definition) is 3. The SMILES string of the molecule is C/N=C(\C(C)=C/N)N(C)C(C)CCOC. The molecule has 0 heterocycles. The number of ether oxygens (including phenoxy) is 1. The van der Waals surface area contributed by atoms with Crippen LogP contribution in [0.25, 0.3) is 0 Å². The predicted octanol–water partition coefficient (Wildman–Crippen LogP) is 1.23. The third-order valence-electron chi connectivity index (χ3n) is 2.55. The summed E-state index contributed by atoms with van der Waals surface area (Å²) in [5.74, 6) is 0.932. The van der Waals surface area contributed by atoms with Crippen LogP contribution in [0.1, 0.15) is 20.3 Å². The van der Waals surface area contributed by atoms with Crippen molar-refractivity contribution in [1.29, 1.82) is 0 Å². The molecule has 4 nitrogen and oxygen atoms in total. The van der Waals surface area contributed by atoms with Gasteiger partial charge in [-0.3, -0.25) is 4.99 Å². The molecule has 0 aromatic heterocycles. The maximum Gasteiger partial charge on any atom is 0.127 e. The minimum Gasteiger partial charge on any atom is -0.404 e. The zero-order valence-corrected chi connectivity index (χ0v) is 10.4. The molecule has 0 rings (SSSR count). The maximum absolute atomic E-state index is 5.49. The smallest absolute Gasteiger partial charge is 0.127 e. The molecule has 88 valence electrons. The monoisotopic (exact) mass is 213 g/mol. The average molecular weight is 213 g/mol. The van der Waals surface area contributed by atoms with Gasteiger partial charge in [0.15, 0.2) is 0 Å². The Labute approximate surface area is 92.8 Å². The van der Waals surface area contributed by atoms with Crippen molar-refractivity contribution in [2.24, 2.45) is 10.7 Å². The summed E-state index contributed by atoms with van der Waals surface area (Å²) >= 11 is 0. The van der Waals surface area contributed by atoms with Gasteiger partial charge in [-0.15, -0.1) is 0 Å². The first-order valence-corrected chi connectivity index (χ1v) is 5.15. The Bertz CT molecular complexity index is 236. The number of nitrogens with two attached hydrogens (primary N) is 1. The van der Waals surface area contributed by atoms with E-state index in [2.05, 4.69) is 16.8 Å². The number of aliphatic imine (C=N–C) groups is 1. The van der Waals surface area contributed by atoms with Gasteiger partial charge in [-0.2, -0.15) is 0 Å². The van der Waals surface area contributed by atoms with Gasteiger partial charge in [-0.05, 0) is 20.3 Å². The summed E-state index contributed by atoms with van der Waals surface area (Å²) in [6, 6.07) is 0.388. The molecule has 0 aromatic rings. The van der Waals surface area contributed by atoms with Crippen LogP contribution in [0, 0.1) is 0 Å². The Balaban J connectivity index is 4.46. The lowest BCUT2D eigenvalue weighted by Crippen LogP contribution is -2.36. The molecule has 0 aliphatic carbocycles. The van der Waals surface area contributed by atoms with Crippen LogP contribution < -0.4 is 5.73 Å². The van der Waals surface area contributed by atoms with Crippen LogP contribution in [0.5, 0.6) is 0 Å². The average Bonchev–Trinajstić information content (AvgIpc) is 2.26. The number of amidine groups is 1. The third kappa shape index (κ3) is 4.34. The van der Waals surface area contributed by atoms with Crippen LogP contribution >= 0.6 is 0 Å². The summed E-state index contributed by atoms with van der Waals surface area (Å²) in [5.41, 5.74) is 6.48. The molecular weight excluding hydrogens is 190 g/mol. The highest BCUT2D eigenvalue weighted by Gasteiger charge is 2.14. The molecule has 0 saturated heterocycles. The molecule has 1 atom stereocenters. The second kappa shape index (κ2) is 7.29. The molecule has 0 amide bonds. The largest absolute Gasteiger partial charge is 0.404 e. The van der Waals surface area contributed by atoms with E-state index in [1.165, 1.54) is 0 Å². The van der Waals surface area contributed by atoms with Crippen LogP contribution in [0.2, 0.25) is 0 Å². The summed E-state index contributed by atoms with van der Waals surface area (Å²) in [5, 5.41) is 0. The fourth-order valence-electron chi connectivity index (χ4n) is 1.38. The lowest BCUT2D eigenvalue weighted by atomic mass is 10.2. The van der Waals surface area contributed by atoms with Crippen molar-refractivity contribution in [1.82, 2.24) is 4.90 Å². The lowest BCUT2D eigenvalue weighted by Gasteiger charge is -2.28. The van der Waals surface area contributed by atoms with Gasteiger partial charge in [0.25, 0.3) is 0 Å². The first kappa shape index (κ1) is 14.0. The fraction of sp³-hybridized carbons (Fsp3) is 0.727. The molecule has 4 heteroatoms. The molecule has 0 saturated carbocycles. The standard InChI is InChI=1S/C11H23N3O/c1-9(8-12)11(13-3)14(4)10(2)6-7-15-5/h8,10H,6-7,12H2,1-5H3/b9-8-,13-11+. The zero-order chi connectivity index (χ0) is 11.8. The Hall–Kier alpha value is -1.03. The Kier molecular flexibility index (Phi) is 6.79. The molecule has 2 N–H and O–H groups in total. The number of likely N-dealkylation sites (N-methyl/N-ethyl adjacent to an activating group) is 1. The molecule has 0 fully saturated rings. The fourth-order valence-corrected chi connectivity index (χ4v) is 1.38. The van der Waals surface area contributed by atoms with E-state index in [0.717, 1.165) is 24.4 Å². The minimum absolute atomic E-state index is 0.388. The van der Waals surface area contributed by atoms with E-state index < -0.39 is 0 Å². The Morgan fingerprint density at radius 1 is 1.60 bits per heavy atom. The summed E-state index contributed by atoms with van der Waals surface area (Å²) in [6.07, 6.45) is 2.56. The normalized spacial score (nSPS) is 15.3. The molecule has 15 heavy (non-hydrogen) atoms. The van der Waals surface area contributed by atoms with Gasteiger partial charge in [0.1, 0.15) is 5.84 Å². The number of hydrogen-bond donors (Lipinski definition) is 1. The number of methoxy groups -OCH3 is 1. The highest BCUT2D eigenvalue weighted by molar-refractivity contribution is 5.97. The molecule has 0 bridgehead atoms. The molecule has 0 aliphatic rings. The van der Waals surface area contributed by atoms with E-state index in [1.54, 1.807) is 20.4 Å². The predicted molar refractivity (Wildman–Crippen MR) is 65.0 cm³/mol. The van der Waals surface area contributed by atoms with Gasteiger partial charge in [-0.25, -0.2) is 0 Å². The number of rotatable bonds is 5. The van der Waals surface area contributed by atoms with Crippen LogP contribution in [0.4, 0.5) is 0 Å². The van der Waals surface area contributed by atoms with Crippen LogP contribution in [0.15, 0.2) is 16.8 Å². The molecule has 1 unspecified atom stereocenters. The van der Waals surface area contributed by atoms with Crippen molar-refractivity contribution in [2.75, 3.05) is 27.8 Å². The van der Waals surface area contributed by atoms with Gasteiger partial charge >= 0.3 is 0 Å². The third-order valence-corrected chi connectivity index (χ3v) is 2.55. The number of nitrogens with zero attached hydrogens (tertiary/aromatic N) is 2.